The largest absolute Gasteiger partial charge is 0.496 e. The van der Waals surface area contributed by atoms with E-state index in [-0.39, 0.29) is 17.9 Å². The molecule has 1 heterocycles. The number of amides is 1. The van der Waals surface area contributed by atoms with E-state index in [1.54, 1.807) is 7.11 Å². The van der Waals surface area contributed by atoms with Crippen LogP contribution in [0.5, 0.6) is 5.75 Å². The lowest BCUT2D eigenvalue weighted by atomic mass is 10.1. The van der Waals surface area contributed by atoms with Gasteiger partial charge in [-0.1, -0.05) is 26.0 Å². The summed E-state index contributed by atoms with van der Waals surface area (Å²) < 4.78 is 5.56. The summed E-state index contributed by atoms with van der Waals surface area (Å²) in [6, 6.07) is 16.2. The number of nitrogens with one attached hydrogen (secondary N) is 2. The predicted octanol–water partition coefficient (Wildman–Crippen LogP) is 4.94. The SMILES string of the molecule is COc1cccc2c1C(Nc1ccc3cc(NC(=O)C(C)C)ccc3n1)CC2. The summed E-state index contributed by atoms with van der Waals surface area (Å²) in [5.41, 5.74) is 4.26. The smallest absolute Gasteiger partial charge is 0.226 e. The van der Waals surface area contributed by atoms with Crippen LogP contribution in [0.2, 0.25) is 0 Å². The van der Waals surface area contributed by atoms with Gasteiger partial charge in [0.25, 0.3) is 0 Å². The molecule has 4 rings (SSSR count). The van der Waals surface area contributed by atoms with Crippen molar-refractivity contribution in [2.75, 3.05) is 17.7 Å². The van der Waals surface area contributed by atoms with Gasteiger partial charge in [0.1, 0.15) is 11.6 Å². The molecule has 0 saturated heterocycles. The molecule has 0 aliphatic heterocycles. The molecule has 1 unspecified atom stereocenters. The van der Waals surface area contributed by atoms with E-state index in [9.17, 15) is 4.79 Å². The first-order valence-corrected chi connectivity index (χ1v) is 9.69. The first kappa shape index (κ1) is 18.3. The Labute approximate surface area is 165 Å². The highest BCUT2D eigenvalue weighted by Gasteiger charge is 2.26. The van der Waals surface area contributed by atoms with Crippen molar-refractivity contribution in [2.24, 2.45) is 5.92 Å². The standard InChI is InChI=1S/C23H25N3O2/c1-14(2)23(27)24-17-9-11-18-16(13-17)8-12-21(25-18)26-19-10-7-15-5-4-6-20(28-3)22(15)19/h4-6,8-9,11-14,19H,7,10H2,1-3H3,(H,24,27)(H,25,26). The molecule has 1 aromatic heterocycles. The van der Waals surface area contributed by atoms with E-state index in [4.69, 9.17) is 9.72 Å². The molecule has 1 aliphatic rings. The lowest BCUT2D eigenvalue weighted by molar-refractivity contribution is -0.118. The normalized spacial score (nSPS) is 15.5. The van der Waals surface area contributed by atoms with Crippen LogP contribution in [0.4, 0.5) is 11.5 Å². The summed E-state index contributed by atoms with van der Waals surface area (Å²) >= 11 is 0. The minimum atomic E-state index is -0.0494. The highest BCUT2D eigenvalue weighted by Crippen LogP contribution is 2.39. The second-order valence-corrected chi connectivity index (χ2v) is 7.52. The minimum Gasteiger partial charge on any atom is -0.496 e. The molecule has 144 valence electrons. The first-order valence-electron chi connectivity index (χ1n) is 9.69. The number of ether oxygens (including phenoxy) is 1. The number of aromatic nitrogens is 1. The number of methoxy groups -OCH3 is 1. The molecular weight excluding hydrogens is 350 g/mol. The maximum Gasteiger partial charge on any atom is 0.226 e. The third-order valence-corrected chi connectivity index (χ3v) is 5.23. The maximum absolute atomic E-state index is 11.9. The molecule has 3 aromatic rings. The Morgan fingerprint density at radius 2 is 2.04 bits per heavy atom. The molecule has 2 N–H and O–H groups in total. The van der Waals surface area contributed by atoms with Crippen molar-refractivity contribution in [3.8, 4) is 5.75 Å². The van der Waals surface area contributed by atoms with Gasteiger partial charge in [0, 0.05) is 22.6 Å². The Balaban J connectivity index is 1.56. The quantitative estimate of drug-likeness (QED) is 0.663. The van der Waals surface area contributed by atoms with Crippen LogP contribution in [0.25, 0.3) is 10.9 Å². The molecule has 5 heteroatoms. The number of benzene rings is 2. The monoisotopic (exact) mass is 375 g/mol. The summed E-state index contributed by atoms with van der Waals surface area (Å²) in [6.45, 7) is 3.76. The van der Waals surface area contributed by atoms with Gasteiger partial charge in [-0.2, -0.15) is 0 Å². The number of fused-ring (bicyclic) bond motifs is 2. The number of hydrogen-bond donors (Lipinski definition) is 2. The van der Waals surface area contributed by atoms with Gasteiger partial charge >= 0.3 is 0 Å². The van der Waals surface area contributed by atoms with E-state index in [1.165, 1.54) is 11.1 Å². The van der Waals surface area contributed by atoms with Crippen LogP contribution in [0.15, 0.2) is 48.5 Å². The molecule has 1 atom stereocenters. The molecular formula is C23H25N3O2. The van der Waals surface area contributed by atoms with Crippen LogP contribution in [0, 0.1) is 5.92 Å². The zero-order chi connectivity index (χ0) is 19.7. The second-order valence-electron chi connectivity index (χ2n) is 7.52. The molecule has 0 spiro atoms. The summed E-state index contributed by atoms with van der Waals surface area (Å²) in [5, 5.41) is 7.50. The number of hydrogen-bond acceptors (Lipinski definition) is 4. The number of carbonyl (C=O) groups excluding carboxylic acids is 1. The van der Waals surface area contributed by atoms with Gasteiger partial charge in [-0.15, -0.1) is 0 Å². The van der Waals surface area contributed by atoms with Gasteiger partial charge in [0.05, 0.1) is 18.7 Å². The number of pyridine rings is 1. The number of anilines is 2. The van der Waals surface area contributed by atoms with E-state index >= 15 is 0 Å². The summed E-state index contributed by atoms with van der Waals surface area (Å²) in [6.07, 6.45) is 2.06. The van der Waals surface area contributed by atoms with Crippen molar-refractivity contribution >= 4 is 28.3 Å². The number of nitrogens with zero attached hydrogens (tertiary/aromatic N) is 1. The molecule has 1 aliphatic carbocycles. The molecule has 1 amide bonds. The van der Waals surface area contributed by atoms with Crippen molar-refractivity contribution in [2.45, 2.75) is 32.7 Å². The van der Waals surface area contributed by atoms with E-state index in [2.05, 4.69) is 16.7 Å². The number of carbonyl (C=O) groups is 1. The molecule has 5 nitrogen and oxygen atoms in total. The fraction of sp³-hybridized carbons (Fsp3) is 0.304. The Bertz CT molecular complexity index is 1030. The Morgan fingerprint density at radius 3 is 2.82 bits per heavy atom. The topological polar surface area (TPSA) is 63.2 Å². The summed E-state index contributed by atoms with van der Waals surface area (Å²) in [4.78, 5) is 16.7. The summed E-state index contributed by atoms with van der Waals surface area (Å²) in [5.74, 6) is 1.74. The highest BCUT2D eigenvalue weighted by atomic mass is 16.5. The van der Waals surface area contributed by atoms with Gasteiger partial charge in [-0.3, -0.25) is 4.79 Å². The molecule has 0 bridgehead atoms. The van der Waals surface area contributed by atoms with Crippen molar-refractivity contribution in [1.82, 2.24) is 4.98 Å². The molecule has 2 aromatic carbocycles. The summed E-state index contributed by atoms with van der Waals surface area (Å²) in [7, 11) is 1.72. The van der Waals surface area contributed by atoms with Crippen LogP contribution in [-0.2, 0) is 11.2 Å². The average molecular weight is 375 g/mol. The van der Waals surface area contributed by atoms with Crippen LogP contribution in [-0.4, -0.2) is 18.0 Å². The molecule has 0 radical (unpaired) electrons. The van der Waals surface area contributed by atoms with E-state index in [1.807, 2.05) is 56.3 Å². The lowest BCUT2D eigenvalue weighted by Gasteiger charge is -2.18. The fourth-order valence-electron chi connectivity index (χ4n) is 3.72. The Morgan fingerprint density at radius 1 is 1.18 bits per heavy atom. The van der Waals surface area contributed by atoms with Crippen molar-refractivity contribution in [3.05, 3.63) is 59.7 Å². The number of aryl methyl sites for hydroxylation is 1. The van der Waals surface area contributed by atoms with Crippen LogP contribution >= 0.6 is 0 Å². The van der Waals surface area contributed by atoms with Crippen molar-refractivity contribution < 1.29 is 9.53 Å². The van der Waals surface area contributed by atoms with Crippen LogP contribution in [0.1, 0.15) is 37.4 Å². The number of rotatable bonds is 5. The zero-order valence-electron chi connectivity index (χ0n) is 16.5. The van der Waals surface area contributed by atoms with Gasteiger partial charge in [-0.25, -0.2) is 4.98 Å². The van der Waals surface area contributed by atoms with Gasteiger partial charge in [-0.05, 0) is 54.8 Å². The third-order valence-electron chi connectivity index (χ3n) is 5.23. The van der Waals surface area contributed by atoms with Crippen molar-refractivity contribution in [3.63, 3.8) is 0 Å². The van der Waals surface area contributed by atoms with E-state index in [0.29, 0.717) is 0 Å². The highest BCUT2D eigenvalue weighted by molar-refractivity contribution is 5.94. The Kier molecular flexibility index (Phi) is 4.90. The maximum atomic E-state index is 11.9. The van der Waals surface area contributed by atoms with Crippen molar-refractivity contribution in [1.29, 1.82) is 0 Å². The second kappa shape index (κ2) is 7.50. The van der Waals surface area contributed by atoms with E-state index in [0.717, 1.165) is 41.0 Å². The average Bonchev–Trinajstić information content (AvgIpc) is 3.11. The molecule has 0 saturated carbocycles. The molecule has 0 fully saturated rings. The fourth-order valence-corrected chi connectivity index (χ4v) is 3.72. The Hall–Kier alpha value is -3.08. The zero-order valence-corrected chi connectivity index (χ0v) is 16.5. The molecule has 28 heavy (non-hydrogen) atoms. The third kappa shape index (κ3) is 3.52. The minimum absolute atomic E-state index is 0.0134. The lowest BCUT2D eigenvalue weighted by Crippen LogP contribution is -2.17. The van der Waals surface area contributed by atoms with Gasteiger partial charge < -0.3 is 15.4 Å². The van der Waals surface area contributed by atoms with Gasteiger partial charge in [0.15, 0.2) is 0 Å². The van der Waals surface area contributed by atoms with Gasteiger partial charge in [0.2, 0.25) is 5.91 Å². The predicted molar refractivity (Wildman–Crippen MR) is 113 cm³/mol. The van der Waals surface area contributed by atoms with Crippen LogP contribution < -0.4 is 15.4 Å². The first-order chi connectivity index (χ1) is 13.5. The van der Waals surface area contributed by atoms with E-state index < -0.39 is 0 Å². The van der Waals surface area contributed by atoms with Crippen LogP contribution in [0.3, 0.4) is 0 Å².